The summed E-state index contributed by atoms with van der Waals surface area (Å²) in [7, 11) is -3.48. The van der Waals surface area contributed by atoms with Gasteiger partial charge in [0.1, 0.15) is 0 Å². The van der Waals surface area contributed by atoms with Gasteiger partial charge in [-0.2, -0.15) is 0 Å². The van der Waals surface area contributed by atoms with Gasteiger partial charge in [0, 0.05) is 17.9 Å². The molecule has 2 rings (SSSR count). The number of rotatable bonds is 4. The van der Waals surface area contributed by atoms with Crippen LogP contribution in [0, 0.1) is 11.8 Å². The Morgan fingerprint density at radius 2 is 2.11 bits per heavy atom. The molecule has 0 bridgehead atoms. The maximum Gasteiger partial charge on any atom is 0.242 e. The summed E-state index contributed by atoms with van der Waals surface area (Å²) in [4.78, 5) is 2.94. The van der Waals surface area contributed by atoms with Crippen LogP contribution in [0.1, 0.15) is 38.8 Å². The second-order valence-corrected chi connectivity index (χ2v) is 7.32. The molecule has 1 aliphatic rings. The number of nitrogens with one attached hydrogen (secondary N) is 2. The van der Waals surface area contributed by atoms with Gasteiger partial charge in [-0.3, -0.25) is 0 Å². The van der Waals surface area contributed by atoms with Crippen molar-refractivity contribution in [3.63, 3.8) is 0 Å². The molecule has 0 radical (unpaired) electrons. The van der Waals surface area contributed by atoms with E-state index < -0.39 is 10.0 Å². The van der Waals surface area contributed by atoms with Crippen molar-refractivity contribution in [2.75, 3.05) is 0 Å². The Morgan fingerprint density at radius 3 is 2.68 bits per heavy atom. The fraction of sp³-hybridized carbons (Fsp3) is 0.692. The molecule has 0 amide bonds. The Hall–Kier alpha value is -0.850. The first-order chi connectivity index (χ1) is 8.92. The zero-order valence-corrected chi connectivity index (χ0v) is 12.2. The smallest absolute Gasteiger partial charge is 0.242 e. The first kappa shape index (κ1) is 14.6. The van der Waals surface area contributed by atoms with Crippen molar-refractivity contribution >= 4 is 10.0 Å². The molecule has 1 saturated carbocycles. The van der Waals surface area contributed by atoms with Crippen LogP contribution in [-0.4, -0.2) is 24.6 Å². The molecule has 0 spiro atoms. The highest BCUT2D eigenvalue weighted by molar-refractivity contribution is 7.89. The SMILES string of the molecule is CC1CCC(NS(=O)(=O)c2c[nH]c(CO)c2)CC1C. The van der Waals surface area contributed by atoms with Crippen LogP contribution in [0.4, 0.5) is 0 Å². The maximum atomic E-state index is 12.2. The zero-order chi connectivity index (χ0) is 14.0. The first-order valence-corrected chi connectivity index (χ1v) is 8.21. The minimum absolute atomic E-state index is 0.0173. The monoisotopic (exact) mass is 286 g/mol. The van der Waals surface area contributed by atoms with E-state index in [0.29, 0.717) is 17.5 Å². The van der Waals surface area contributed by atoms with E-state index in [4.69, 9.17) is 5.11 Å². The lowest BCUT2D eigenvalue weighted by Crippen LogP contribution is -2.39. The van der Waals surface area contributed by atoms with E-state index in [0.717, 1.165) is 19.3 Å². The van der Waals surface area contributed by atoms with Crippen LogP contribution in [0.5, 0.6) is 0 Å². The third kappa shape index (κ3) is 3.38. The van der Waals surface area contributed by atoms with Crippen LogP contribution in [0.2, 0.25) is 0 Å². The van der Waals surface area contributed by atoms with Gasteiger partial charge in [0.15, 0.2) is 0 Å². The summed E-state index contributed by atoms with van der Waals surface area (Å²) >= 11 is 0. The van der Waals surface area contributed by atoms with E-state index in [1.54, 1.807) is 0 Å². The molecule has 1 aromatic rings. The number of sulfonamides is 1. The van der Waals surface area contributed by atoms with Crippen molar-refractivity contribution in [1.82, 2.24) is 9.71 Å². The number of H-pyrrole nitrogens is 1. The van der Waals surface area contributed by atoms with Crippen LogP contribution >= 0.6 is 0 Å². The van der Waals surface area contributed by atoms with Crippen molar-refractivity contribution in [3.8, 4) is 0 Å². The summed E-state index contributed by atoms with van der Waals surface area (Å²) in [6.45, 7) is 4.20. The summed E-state index contributed by atoms with van der Waals surface area (Å²) in [5.74, 6) is 1.20. The third-order valence-corrected chi connectivity index (χ3v) is 5.62. The van der Waals surface area contributed by atoms with Crippen molar-refractivity contribution in [2.45, 2.75) is 50.7 Å². The Labute approximate surface area is 114 Å². The average Bonchev–Trinajstić information content (AvgIpc) is 2.83. The fourth-order valence-corrected chi connectivity index (χ4v) is 3.91. The van der Waals surface area contributed by atoms with Crippen molar-refractivity contribution in [3.05, 3.63) is 18.0 Å². The van der Waals surface area contributed by atoms with Gasteiger partial charge in [-0.05, 0) is 37.2 Å². The van der Waals surface area contributed by atoms with E-state index in [2.05, 4.69) is 23.6 Å². The maximum absolute atomic E-state index is 12.2. The molecule has 108 valence electrons. The topological polar surface area (TPSA) is 82.2 Å². The summed E-state index contributed by atoms with van der Waals surface area (Å²) in [6.07, 6.45) is 4.26. The highest BCUT2D eigenvalue weighted by atomic mass is 32.2. The second kappa shape index (κ2) is 5.64. The summed E-state index contributed by atoms with van der Waals surface area (Å²) in [5.41, 5.74) is 0.506. The molecule has 1 aromatic heterocycles. The number of hydrogen-bond donors (Lipinski definition) is 3. The molecule has 3 N–H and O–H groups in total. The number of hydrogen-bond acceptors (Lipinski definition) is 3. The van der Waals surface area contributed by atoms with E-state index in [1.807, 2.05) is 0 Å². The molecule has 3 atom stereocenters. The third-order valence-electron chi connectivity index (χ3n) is 4.12. The van der Waals surface area contributed by atoms with Crippen LogP contribution in [-0.2, 0) is 16.6 Å². The van der Waals surface area contributed by atoms with Crippen molar-refractivity contribution in [2.24, 2.45) is 11.8 Å². The molecule has 0 aliphatic heterocycles. The molecular formula is C13H22N2O3S. The average molecular weight is 286 g/mol. The second-order valence-electron chi connectivity index (χ2n) is 5.60. The van der Waals surface area contributed by atoms with E-state index in [1.165, 1.54) is 12.3 Å². The Morgan fingerprint density at radius 1 is 1.37 bits per heavy atom. The standard InChI is InChI=1S/C13H22N2O3S/c1-9-3-4-11(5-10(9)2)15-19(17,18)13-6-12(8-16)14-7-13/h6-7,9-11,14-16H,3-5,8H2,1-2H3. The summed E-state index contributed by atoms with van der Waals surface area (Å²) < 4.78 is 27.2. The molecular weight excluding hydrogens is 264 g/mol. The molecule has 0 aromatic carbocycles. The lowest BCUT2D eigenvalue weighted by Gasteiger charge is -2.32. The van der Waals surface area contributed by atoms with Gasteiger partial charge in [0.2, 0.25) is 10.0 Å². The molecule has 1 fully saturated rings. The van der Waals surface area contributed by atoms with Crippen LogP contribution < -0.4 is 4.72 Å². The molecule has 3 unspecified atom stereocenters. The van der Waals surface area contributed by atoms with Gasteiger partial charge in [-0.1, -0.05) is 13.8 Å². The molecule has 5 nitrogen and oxygen atoms in total. The van der Waals surface area contributed by atoms with Gasteiger partial charge in [-0.25, -0.2) is 13.1 Å². The van der Waals surface area contributed by atoms with Crippen molar-refractivity contribution in [1.29, 1.82) is 0 Å². The normalized spacial score (nSPS) is 28.5. The number of aromatic nitrogens is 1. The van der Waals surface area contributed by atoms with Gasteiger partial charge >= 0.3 is 0 Å². The Bertz CT molecular complexity index is 524. The first-order valence-electron chi connectivity index (χ1n) is 6.73. The molecule has 6 heteroatoms. The van der Waals surface area contributed by atoms with Gasteiger partial charge in [0.05, 0.1) is 11.5 Å². The predicted octanol–water partition coefficient (Wildman–Crippen LogP) is 1.61. The van der Waals surface area contributed by atoms with E-state index in [-0.39, 0.29) is 17.5 Å². The number of aliphatic hydroxyl groups is 1. The fourth-order valence-electron chi connectivity index (χ4n) is 2.61. The minimum Gasteiger partial charge on any atom is -0.390 e. The van der Waals surface area contributed by atoms with Crippen LogP contribution in [0.3, 0.4) is 0 Å². The Balaban J connectivity index is 2.05. The molecule has 1 heterocycles. The Kier molecular flexibility index (Phi) is 4.32. The quantitative estimate of drug-likeness (QED) is 0.786. The highest BCUT2D eigenvalue weighted by Crippen LogP contribution is 2.30. The van der Waals surface area contributed by atoms with Gasteiger partial charge in [-0.15, -0.1) is 0 Å². The predicted molar refractivity (Wildman–Crippen MR) is 73.0 cm³/mol. The number of aliphatic hydroxyl groups excluding tert-OH is 1. The molecule has 1 aliphatic carbocycles. The van der Waals surface area contributed by atoms with Crippen molar-refractivity contribution < 1.29 is 13.5 Å². The number of aromatic amines is 1. The lowest BCUT2D eigenvalue weighted by molar-refractivity contribution is 0.242. The van der Waals surface area contributed by atoms with E-state index in [9.17, 15) is 8.42 Å². The minimum atomic E-state index is -3.48. The van der Waals surface area contributed by atoms with Gasteiger partial charge < -0.3 is 10.1 Å². The summed E-state index contributed by atoms with van der Waals surface area (Å²) in [6, 6.07) is 1.49. The van der Waals surface area contributed by atoms with Crippen LogP contribution in [0.15, 0.2) is 17.2 Å². The summed E-state index contributed by atoms with van der Waals surface area (Å²) in [5, 5.41) is 8.96. The highest BCUT2D eigenvalue weighted by Gasteiger charge is 2.28. The molecule has 0 saturated heterocycles. The lowest BCUT2D eigenvalue weighted by atomic mass is 9.79. The largest absolute Gasteiger partial charge is 0.390 e. The zero-order valence-electron chi connectivity index (χ0n) is 11.4. The van der Waals surface area contributed by atoms with E-state index >= 15 is 0 Å². The molecule has 19 heavy (non-hydrogen) atoms. The van der Waals surface area contributed by atoms with Crippen LogP contribution in [0.25, 0.3) is 0 Å². The van der Waals surface area contributed by atoms with Gasteiger partial charge in [0.25, 0.3) is 0 Å².